The van der Waals surface area contributed by atoms with E-state index in [0.29, 0.717) is 5.56 Å². The number of hydrogen-bond donors (Lipinski definition) is 2. The third-order valence-corrected chi connectivity index (χ3v) is 4.37. The van der Waals surface area contributed by atoms with Crippen LogP contribution in [0.4, 0.5) is 0 Å². The smallest absolute Gasteiger partial charge is 0.242 e. The van der Waals surface area contributed by atoms with E-state index in [1.165, 1.54) is 19.2 Å². The maximum Gasteiger partial charge on any atom is 0.242 e. The Hall–Kier alpha value is -1.02. The third kappa shape index (κ3) is 3.22. The number of rotatable bonds is 5. The number of benzene rings is 1. The molecule has 1 aromatic carbocycles. The average molecular weight is 274 g/mol. The monoisotopic (exact) mass is 274 g/mol. The zero-order chi connectivity index (χ0) is 13.1. The lowest BCUT2D eigenvalue weighted by Gasteiger charge is -2.15. The van der Waals surface area contributed by atoms with Crippen molar-refractivity contribution < 1.29 is 13.5 Å². The highest BCUT2D eigenvalue weighted by Gasteiger charge is 2.19. The highest BCUT2D eigenvalue weighted by Crippen LogP contribution is 2.14. The molecule has 94 valence electrons. The van der Waals surface area contributed by atoms with Crippen molar-refractivity contribution in [3.63, 3.8) is 0 Å². The molecule has 0 aliphatic heterocycles. The number of hydrogen-bond acceptors (Lipinski definition) is 4. The van der Waals surface area contributed by atoms with Gasteiger partial charge in [0.05, 0.1) is 11.5 Å². The lowest BCUT2D eigenvalue weighted by atomic mass is 10.2. The summed E-state index contributed by atoms with van der Waals surface area (Å²) in [5.41, 5.74) is 6.03. The van der Waals surface area contributed by atoms with Crippen LogP contribution in [-0.2, 0) is 10.0 Å². The molecule has 3 N–H and O–H groups in total. The second-order valence-electron chi connectivity index (χ2n) is 3.44. The van der Waals surface area contributed by atoms with Crippen molar-refractivity contribution >= 4 is 27.2 Å². The molecule has 0 bridgehead atoms. The molecule has 0 heterocycles. The van der Waals surface area contributed by atoms with E-state index in [0.717, 1.165) is 4.31 Å². The predicted molar refractivity (Wildman–Crippen MR) is 69.2 cm³/mol. The minimum absolute atomic E-state index is 0.0549. The summed E-state index contributed by atoms with van der Waals surface area (Å²) in [5, 5.41) is 8.72. The fourth-order valence-corrected chi connectivity index (χ4v) is 2.53. The van der Waals surface area contributed by atoms with E-state index in [1.54, 1.807) is 12.1 Å². The van der Waals surface area contributed by atoms with Crippen LogP contribution in [0.5, 0.6) is 0 Å². The van der Waals surface area contributed by atoms with Crippen molar-refractivity contribution in [2.24, 2.45) is 5.73 Å². The molecule has 0 spiro atoms. The Balaban J connectivity index is 3.04. The van der Waals surface area contributed by atoms with Crippen molar-refractivity contribution in [2.45, 2.75) is 4.90 Å². The predicted octanol–water partition coefficient (Wildman–Crippen LogP) is -0.0664. The van der Waals surface area contributed by atoms with E-state index in [-0.39, 0.29) is 23.0 Å². The molecule has 0 unspecified atom stereocenters. The minimum atomic E-state index is -3.55. The summed E-state index contributed by atoms with van der Waals surface area (Å²) in [5.74, 6) is 0. The second-order valence-corrected chi connectivity index (χ2v) is 5.92. The van der Waals surface area contributed by atoms with Crippen LogP contribution < -0.4 is 5.73 Å². The van der Waals surface area contributed by atoms with E-state index in [4.69, 9.17) is 23.1 Å². The van der Waals surface area contributed by atoms with Gasteiger partial charge in [0.25, 0.3) is 0 Å². The van der Waals surface area contributed by atoms with Gasteiger partial charge in [-0.3, -0.25) is 0 Å². The van der Waals surface area contributed by atoms with Crippen LogP contribution >= 0.6 is 12.2 Å². The van der Waals surface area contributed by atoms with Gasteiger partial charge in [0.2, 0.25) is 10.0 Å². The molecule has 7 heteroatoms. The first-order valence-corrected chi connectivity index (χ1v) is 6.71. The molecule has 17 heavy (non-hydrogen) atoms. The Bertz CT molecular complexity index is 497. The van der Waals surface area contributed by atoms with Gasteiger partial charge in [0.15, 0.2) is 0 Å². The Morgan fingerprint density at radius 3 is 2.35 bits per heavy atom. The first-order valence-electron chi connectivity index (χ1n) is 4.86. The normalized spacial score (nSPS) is 11.7. The Morgan fingerprint density at radius 1 is 1.41 bits per heavy atom. The van der Waals surface area contributed by atoms with Crippen LogP contribution in [0.3, 0.4) is 0 Å². The lowest BCUT2D eigenvalue weighted by Crippen LogP contribution is -2.29. The van der Waals surface area contributed by atoms with Crippen molar-refractivity contribution in [3.05, 3.63) is 29.8 Å². The number of nitrogens with zero attached hydrogens (tertiary/aromatic N) is 1. The van der Waals surface area contributed by atoms with Crippen molar-refractivity contribution in [1.29, 1.82) is 0 Å². The standard InChI is InChI=1S/C10H14N2O3S2/c1-12(6-7-13)17(14,15)9-4-2-8(3-5-9)10(11)16/h2-5,13H,6-7H2,1H3,(H2,11,16). The van der Waals surface area contributed by atoms with E-state index in [1.807, 2.05) is 0 Å². The van der Waals surface area contributed by atoms with Crippen LogP contribution in [-0.4, -0.2) is 43.0 Å². The zero-order valence-corrected chi connectivity index (χ0v) is 11.0. The molecule has 0 aliphatic carbocycles. The molecule has 1 aromatic rings. The highest BCUT2D eigenvalue weighted by atomic mass is 32.2. The van der Waals surface area contributed by atoms with Gasteiger partial charge in [-0.1, -0.05) is 24.4 Å². The number of aliphatic hydroxyl groups is 1. The second kappa shape index (κ2) is 5.54. The molecule has 0 saturated carbocycles. The van der Waals surface area contributed by atoms with E-state index < -0.39 is 10.0 Å². The van der Waals surface area contributed by atoms with Crippen molar-refractivity contribution in [3.8, 4) is 0 Å². The summed E-state index contributed by atoms with van der Waals surface area (Å²) in [4.78, 5) is 0.367. The summed E-state index contributed by atoms with van der Waals surface area (Å²) in [7, 11) is -2.14. The van der Waals surface area contributed by atoms with Crippen LogP contribution in [0.1, 0.15) is 5.56 Å². The molecule has 5 nitrogen and oxygen atoms in total. The first-order chi connectivity index (χ1) is 7.89. The molecule has 0 radical (unpaired) electrons. The van der Waals surface area contributed by atoms with Crippen LogP contribution in [0, 0.1) is 0 Å². The molecule has 0 aromatic heterocycles. The van der Waals surface area contributed by atoms with Gasteiger partial charge in [0, 0.05) is 19.2 Å². The number of thiocarbonyl (C=S) groups is 1. The molecule has 0 aliphatic rings. The van der Waals surface area contributed by atoms with Crippen molar-refractivity contribution in [1.82, 2.24) is 4.31 Å². The van der Waals surface area contributed by atoms with Gasteiger partial charge < -0.3 is 10.8 Å². The van der Waals surface area contributed by atoms with Gasteiger partial charge in [0.1, 0.15) is 4.99 Å². The first kappa shape index (κ1) is 14.0. The molecule has 0 fully saturated rings. The molecule has 0 saturated heterocycles. The van der Waals surface area contributed by atoms with Gasteiger partial charge >= 0.3 is 0 Å². The fourth-order valence-electron chi connectivity index (χ4n) is 1.23. The van der Waals surface area contributed by atoms with Gasteiger partial charge in [-0.15, -0.1) is 0 Å². The molecule has 0 atom stereocenters. The number of aliphatic hydroxyl groups excluding tert-OH is 1. The van der Waals surface area contributed by atoms with Crippen LogP contribution in [0.15, 0.2) is 29.2 Å². The van der Waals surface area contributed by atoms with E-state index >= 15 is 0 Å². The van der Waals surface area contributed by atoms with Crippen molar-refractivity contribution in [2.75, 3.05) is 20.2 Å². The number of sulfonamides is 1. The highest BCUT2D eigenvalue weighted by molar-refractivity contribution is 7.89. The largest absolute Gasteiger partial charge is 0.395 e. The summed E-state index contributed by atoms with van der Waals surface area (Å²) in [6.45, 7) is -0.167. The van der Waals surface area contributed by atoms with Gasteiger partial charge in [-0.25, -0.2) is 8.42 Å². The Morgan fingerprint density at radius 2 is 1.94 bits per heavy atom. The van der Waals surface area contributed by atoms with Gasteiger partial charge in [-0.05, 0) is 12.1 Å². The molecule has 0 amide bonds. The molecule has 1 rings (SSSR count). The maximum atomic E-state index is 12.0. The number of likely N-dealkylation sites (N-methyl/N-ethyl adjacent to an activating group) is 1. The van der Waals surface area contributed by atoms with Crippen LogP contribution in [0.2, 0.25) is 0 Å². The average Bonchev–Trinajstić information content (AvgIpc) is 2.29. The fraction of sp³-hybridized carbons (Fsp3) is 0.300. The minimum Gasteiger partial charge on any atom is -0.395 e. The number of nitrogens with two attached hydrogens (primary N) is 1. The summed E-state index contributed by atoms with van der Waals surface area (Å²) in [6, 6.07) is 6.00. The molecular weight excluding hydrogens is 260 g/mol. The Kier molecular flexibility index (Phi) is 4.58. The van der Waals surface area contributed by atoms with Crippen LogP contribution in [0.25, 0.3) is 0 Å². The lowest BCUT2D eigenvalue weighted by molar-refractivity contribution is 0.266. The SMILES string of the molecule is CN(CCO)S(=O)(=O)c1ccc(C(N)=S)cc1. The maximum absolute atomic E-state index is 12.0. The summed E-state index contributed by atoms with van der Waals surface area (Å²) < 4.78 is 25.0. The summed E-state index contributed by atoms with van der Waals surface area (Å²) >= 11 is 4.78. The van der Waals surface area contributed by atoms with Gasteiger partial charge in [-0.2, -0.15) is 4.31 Å². The summed E-state index contributed by atoms with van der Waals surface area (Å²) in [6.07, 6.45) is 0. The molecular formula is C10H14N2O3S2. The zero-order valence-electron chi connectivity index (χ0n) is 9.33. The van der Waals surface area contributed by atoms with E-state index in [2.05, 4.69) is 0 Å². The van der Waals surface area contributed by atoms with E-state index in [9.17, 15) is 8.42 Å². The third-order valence-electron chi connectivity index (χ3n) is 2.26. The topological polar surface area (TPSA) is 83.6 Å². The Labute approximate surface area is 106 Å². The quantitative estimate of drug-likeness (QED) is 0.735.